The topological polar surface area (TPSA) is 79.9 Å². The maximum atomic E-state index is 8.52. The molecule has 1 rings (SSSR count). The summed E-state index contributed by atoms with van der Waals surface area (Å²) in [5, 5.41) is 14.9. The number of methoxy groups -OCH3 is 1. The van der Waals surface area contributed by atoms with E-state index < -0.39 is 0 Å². The molecule has 0 heterocycles. The third-order valence-electron chi connectivity index (χ3n) is 2.77. The number of rotatable bonds is 6. The number of ether oxygens (including phenoxy) is 1. The molecule has 18 heavy (non-hydrogen) atoms. The monoisotopic (exact) mass is 251 g/mol. The van der Waals surface area contributed by atoms with E-state index in [1.165, 1.54) is 0 Å². The van der Waals surface area contributed by atoms with Crippen molar-refractivity contribution in [1.29, 1.82) is 0 Å². The van der Waals surface area contributed by atoms with Crippen LogP contribution in [0.15, 0.2) is 29.4 Å². The molecule has 0 aliphatic rings. The molecule has 0 radical (unpaired) electrons. The predicted octanol–water partition coefficient (Wildman–Crippen LogP) is 1.87. The van der Waals surface area contributed by atoms with Crippen molar-refractivity contribution in [2.24, 2.45) is 10.9 Å². The lowest BCUT2D eigenvalue weighted by Crippen LogP contribution is -2.33. The van der Waals surface area contributed by atoms with Crippen LogP contribution in [0, 0.1) is 0 Å². The van der Waals surface area contributed by atoms with E-state index in [4.69, 9.17) is 15.7 Å². The number of oxime groups is 1. The van der Waals surface area contributed by atoms with Crippen LogP contribution in [-0.2, 0) is 0 Å². The number of nitrogens with two attached hydrogens (primary N) is 1. The fourth-order valence-corrected chi connectivity index (χ4v) is 1.85. The van der Waals surface area contributed by atoms with Crippen molar-refractivity contribution < 1.29 is 9.94 Å². The van der Waals surface area contributed by atoms with Crippen molar-refractivity contribution >= 4 is 5.84 Å². The van der Waals surface area contributed by atoms with Crippen LogP contribution in [0.4, 0.5) is 0 Å². The molecule has 0 aliphatic carbocycles. The van der Waals surface area contributed by atoms with Crippen molar-refractivity contribution in [3.63, 3.8) is 0 Å². The Morgan fingerprint density at radius 1 is 1.50 bits per heavy atom. The summed E-state index contributed by atoms with van der Waals surface area (Å²) in [5.41, 5.74) is 6.61. The fourth-order valence-electron chi connectivity index (χ4n) is 1.85. The highest BCUT2D eigenvalue weighted by molar-refractivity contribution is 5.80. The summed E-state index contributed by atoms with van der Waals surface area (Å²) < 4.78 is 5.19. The highest BCUT2D eigenvalue weighted by atomic mass is 16.5. The summed E-state index contributed by atoms with van der Waals surface area (Å²) in [7, 11) is 1.65. The molecule has 0 aliphatic heterocycles. The Morgan fingerprint density at radius 2 is 2.22 bits per heavy atom. The van der Waals surface area contributed by atoms with E-state index in [1.807, 2.05) is 31.2 Å². The van der Waals surface area contributed by atoms with Gasteiger partial charge in [0.1, 0.15) is 11.6 Å². The first-order valence-corrected chi connectivity index (χ1v) is 5.93. The smallest absolute Gasteiger partial charge is 0.140 e. The van der Waals surface area contributed by atoms with Gasteiger partial charge in [-0.1, -0.05) is 17.3 Å². The molecule has 1 unspecified atom stereocenters. The SMILES string of the molecule is COc1cccc([C@@H](C)NC(C)C/C(N)=N/O)c1. The second-order valence-electron chi connectivity index (χ2n) is 4.36. The Labute approximate surface area is 108 Å². The number of hydrogen-bond acceptors (Lipinski definition) is 4. The molecule has 0 bridgehead atoms. The average Bonchev–Trinajstić information content (AvgIpc) is 2.38. The lowest BCUT2D eigenvalue weighted by atomic mass is 10.1. The van der Waals surface area contributed by atoms with E-state index in [0.29, 0.717) is 6.42 Å². The van der Waals surface area contributed by atoms with Crippen LogP contribution in [0.1, 0.15) is 31.9 Å². The van der Waals surface area contributed by atoms with Gasteiger partial charge in [-0.25, -0.2) is 0 Å². The maximum Gasteiger partial charge on any atom is 0.140 e. The maximum absolute atomic E-state index is 8.52. The van der Waals surface area contributed by atoms with E-state index >= 15 is 0 Å². The molecule has 0 spiro atoms. The quantitative estimate of drug-likeness (QED) is 0.312. The molecule has 0 saturated heterocycles. The van der Waals surface area contributed by atoms with E-state index in [9.17, 15) is 0 Å². The Morgan fingerprint density at radius 3 is 2.83 bits per heavy atom. The minimum absolute atomic E-state index is 0.127. The van der Waals surface area contributed by atoms with Gasteiger partial charge in [-0.05, 0) is 31.5 Å². The summed E-state index contributed by atoms with van der Waals surface area (Å²) in [4.78, 5) is 0. The second-order valence-corrected chi connectivity index (χ2v) is 4.36. The van der Waals surface area contributed by atoms with Gasteiger partial charge < -0.3 is 21.0 Å². The van der Waals surface area contributed by atoms with Gasteiger partial charge in [-0.3, -0.25) is 0 Å². The molecule has 0 fully saturated rings. The highest BCUT2D eigenvalue weighted by Crippen LogP contribution is 2.19. The van der Waals surface area contributed by atoms with Gasteiger partial charge in [0, 0.05) is 18.5 Å². The summed E-state index contributed by atoms with van der Waals surface area (Å²) in [5.74, 6) is 1.07. The minimum Gasteiger partial charge on any atom is -0.497 e. The Hall–Kier alpha value is -1.75. The zero-order chi connectivity index (χ0) is 13.5. The molecular weight excluding hydrogens is 230 g/mol. The standard InChI is InChI=1S/C13H21N3O2/c1-9(7-13(14)16-17)15-10(2)11-5-4-6-12(8-11)18-3/h4-6,8-10,15,17H,7H2,1-3H3,(H2,14,16)/t9?,10-/m1/s1. The lowest BCUT2D eigenvalue weighted by Gasteiger charge is -2.20. The summed E-state index contributed by atoms with van der Waals surface area (Å²) in [6, 6.07) is 8.20. The van der Waals surface area contributed by atoms with E-state index in [1.54, 1.807) is 7.11 Å². The minimum atomic E-state index is 0.127. The van der Waals surface area contributed by atoms with Gasteiger partial charge in [0.05, 0.1) is 7.11 Å². The van der Waals surface area contributed by atoms with Crippen LogP contribution in [0.2, 0.25) is 0 Å². The summed E-state index contributed by atoms with van der Waals surface area (Å²) >= 11 is 0. The Kier molecular flexibility index (Phi) is 5.45. The molecular formula is C13H21N3O2. The van der Waals surface area contributed by atoms with Gasteiger partial charge in [0.2, 0.25) is 0 Å². The van der Waals surface area contributed by atoms with Crippen LogP contribution >= 0.6 is 0 Å². The molecule has 4 N–H and O–H groups in total. The number of nitrogens with zero attached hydrogens (tertiary/aromatic N) is 1. The molecule has 0 saturated carbocycles. The third-order valence-corrected chi connectivity index (χ3v) is 2.77. The van der Waals surface area contributed by atoms with Crippen LogP contribution < -0.4 is 15.8 Å². The summed E-state index contributed by atoms with van der Waals surface area (Å²) in [6.07, 6.45) is 0.505. The van der Waals surface area contributed by atoms with E-state index in [2.05, 4.69) is 17.4 Å². The molecule has 1 aromatic rings. The van der Waals surface area contributed by atoms with Crippen LogP contribution in [0.25, 0.3) is 0 Å². The first-order valence-electron chi connectivity index (χ1n) is 5.93. The molecule has 0 amide bonds. The number of hydrogen-bond donors (Lipinski definition) is 3. The molecule has 100 valence electrons. The average molecular weight is 251 g/mol. The predicted molar refractivity (Wildman–Crippen MR) is 72.0 cm³/mol. The van der Waals surface area contributed by atoms with Gasteiger partial charge in [-0.15, -0.1) is 0 Å². The van der Waals surface area contributed by atoms with Crippen molar-refractivity contribution in [3.05, 3.63) is 29.8 Å². The number of nitrogens with one attached hydrogen (secondary N) is 1. The third kappa shape index (κ3) is 4.25. The van der Waals surface area contributed by atoms with Crippen molar-refractivity contribution in [2.75, 3.05) is 7.11 Å². The molecule has 2 atom stereocenters. The van der Waals surface area contributed by atoms with Crippen LogP contribution in [0.3, 0.4) is 0 Å². The first-order chi connectivity index (χ1) is 8.56. The van der Waals surface area contributed by atoms with Gasteiger partial charge in [0.15, 0.2) is 0 Å². The fraction of sp³-hybridized carbons (Fsp3) is 0.462. The van der Waals surface area contributed by atoms with Gasteiger partial charge in [-0.2, -0.15) is 0 Å². The van der Waals surface area contributed by atoms with E-state index in [0.717, 1.165) is 11.3 Å². The largest absolute Gasteiger partial charge is 0.497 e. The van der Waals surface area contributed by atoms with E-state index in [-0.39, 0.29) is 17.9 Å². The first kappa shape index (κ1) is 14.3. The summed E-state index contributed by atoms with van der Waals surface area (Å²) in [6.45, 7) is 4.06. The molecule has 5 nitrogen and oxygen atoms in total. The Bertz CT molecular complexity index is 407. The van der Waals surface area contributed by atoms with Gasteiger partial charge >= 0.3 is 0 Å². The highest BCUT2D eigenvalue weighted by Gasteiger charge is 2.11. The zero-order valence-corrected chi connectivity index (χ0v) is 11.1. The lowest BCUT2D eigenvalue weighted by molar-refractivity contribution is 0.315. The normalized spacial score (nSPS) is 15.2. The molecule has 1 aromatic carbocycles. The zero-order valence-electron chi connectivity index (χ0n) is 11.1. The number of benzene rings is 1. The molecule has 0 aromatic heterocycles. The van der Waals surface area contributed by atoms with Crippen molar-refractivity contribution in [2.45, 2.75) is 32.4 Å². The Balaban J connectivity index is 2.61. The second kappa shape index (κ2) is 6.86. The van der Waals surface area contributed by atoms with Crippen LogP contribution in [-0.4, -0.2) is 24.2 Å². The molecule has 5 heteroatoms. The van der Waals surface area contributed by atoms with Crippen LogP contribution in [0.5, 0.6) is 5.75 Å². The van der Waals surface area contributed by atoms with Gasteiger partial charge in [0.25, 0.3) is 0 Å². The number of amidine groups is 1. The van der Waals surface area contributed by atoms with Crippen molar-refractivity contribution in [1.82, 2.24) is 5.32 Å². The van der Waals surface area contributed by atoms with Crippen molar-refractivity contribution in [3.8, 4) is 5.75 Å².